The molecule has 1 atom stereocenters. The maximum Gasteiger partial charge on any atom is 0.270 e. The number of aromatic nitrogens is 1. The quantitative estimate of drug-likeness (QED) is 0.771. The number of likely N-dealkylation sites (tertiary alicyclic amines) is 1. The molecule has 158 valence electrons. The van der Waals surface area contributed by atoms with Gasteiger partial charge in [0.2, 0.25) is 10.0 Å². The average molecular weight is 418 g/mol. The van der Waals surface area contributed by atoms with E-state index >= 15 is 0 Å². The minimum atomic E-state index is -3.17. The molecule has 0 saturated carbocycles. The van der Waals surface area contributed by atoms with Gasteiger partial charge in [0.05, 0.1) is 6.26 Å². The summed E-state index contributed by atoms with van der Waals surface area (Å²) in [6.07, 6.45) is 6.03. The molecule has 0 aliphatic carbocycles. The van der Waals surface area contributed by atoms with Crippen LogP contribution in [0, 0.1) is 12.8 Å². The third-order valence-corrected chi connectivity index (χ3v) is 8.02. The Balaban J connectivity index is 1.47. The normalized spacial score (nSPS) is 22.3. The first-order valence-corrected chi connectivity index (χ1v) is 12.4. The van der Waals surface area contributed by atoms with Crippen LogP contribution in [0.5, 0.6) is 0 Å². The molecular formula is C22H31N3O3S. The molecule has 0 unspecified atom stereocenters. The molecule has 1 aromatic carbocycles. The molecule has 1 amide bonds. The first-order chi connectivity index (χ1) is 13.8. The van der Waals surface area contributed by atoms with Crippen LogP contribution in [0.1, 0.15) is 48.2 Å². The van der Waals surface area contributed by atoms with E-state index in [1.807, 2.05) is 22.6 Å². The van der Waals surface area contributed by atoms with Gasteiger partial charge in [-0.2, -0.15) is 4.31 Å². The maximum atomic E-state index is 13.2. The van der Waals surface area contributed by atoms with Crippen LogP contribution in [0.25, 0.3) is 10.9 Å². The van der Waals surface area contributed by atoms with Gasteiger partial charge < -0.3 is 9.47 Å². The van der Waals surface area contributed by atoms with Crippen molar-refractivity contribution in [2.45, 2.75) is 45.1 Å². The van der Waals surface area contributed by atoms with Crippen LogP contribution in [0.15, 0.2) is 24.3 Å². The van der Waals surface area contributed by atoms with Crippen LogP contribution < -0.4 is 0 Å². The smallest absolute Gasteiger partial charge is 0.270 e. The fourth-order valence-corrected chi connectivity index (χ4v) is 6.37. The lowest BCUT2D eigenvalue weighted by molar-refractivity contribution is 0.0612. The standard InChI is InChI=1S/C22H31N3O3S/c1-16-7-8-19-18(14-16)15-21(23(19)2)22(26)24-12-9-17(10-13-24)20-6-4-5-11-25(20)29(3,27)28/h7-8,14-15,17,20H,4-6,9-13H2,1-3H3/t20-/m1/s1. The molecule has 2 aromatic rings. The third kappa shape index (κ3) is 3.94. The van der Waals surface area contributed by atoms with E-state index in [-0.39, 0.29) is 11.9 Å². The van der Waals surface area contributed by atoms with Gasteiger partial charge >= 0.3 is 0 Å². The van der Waals surface area contributed by atoms with Gasteiger partial charge in [0.1, 0.15) is 5.69 Å². The summed E-state index contributed by atoms with van der Waals surface area (Å²) < 4.78 is 28.1. The van der Waals surface area contributed by atoms with Crippen molar-refractivity contribution in [1.29, 1.82) is 0 Å². The molecule has 2 aliphatic rings. The van der Waals surface area contributed by atoms with E-state index < -0.39 is 10.0 Å². The number of aryl methyl sites for hydroxylation is 2. The third-order valence-electron chi connectivity index (χ3n) is 6.71. The zero-order valence-corrected chi connectivity index (χ0v) is 18.4. The highest BCUT2D eigenvalue weighted by Crippen LogP contribution is 2.32. The summed E-state index contributed by atoms with van der Waals surface area (Å²) in [7, 11) is -1.22. The number of sulfonamides is 1. The van der Waals surface area contributed by atoms with Crippen LogP contribution in [0.4, 0.5) is 0 Å². The predicted octanol–water partition coefficient (Wildman–Crippen LogP) is 3.15. The summed E-state index contributed by atoms with van der Waals surface area (Å²) in [6.45, 7) is 4.08. The van der Waals surface area contributed by atoms with Crippen molar-refractivity contribution in [1.82, 2.24) is 13.8 Å². The SMILES string of the molecule is Cc1ccc2c(c1)cc(C(=O)N1CCC([C@H]3CCCCN3S(C)(=O)=O)CC1)n2C. The van der Waals surface area contributed by atoms with Crippen LogP contribution in [0.3, 0.4) is 0 Å². The van der Waals surface area contributed by atoms with E-state index in [0.29, 0.717) is 25.6 Å². The summed E-state index contributed by atoms with van der Waals surface area (Å²) >= 11 is 0. The fraction of sp³-hybridized carbons (Fsp3) is 0.591. The zero-order valence-electron chi connectivity index (χ0n) is 17.6. The molecule has 7 heteroatoms. The van der Waals surface area contributed by atoms with Crippen molar-refractivity contribution >= 4 is 26.8 Å². The Bertz CT molecular complexity index is 1020. The van der Waals surface area contributed by atoms with Crippen molar-refractivity contribution in [3.8, 4) is 0 Å². The van der Waals surface area contributed by atoms with Crippen LogP contribution in [-0.4, -0.2) is 60.0 Å². The predicted molar refractivity (Wildman–Crippen MR) is 115 cm³/mol. The Morgan fingerprint density at radius 1 is 1.03 bits per heavy atom. The van der Waals surface area contributed by atoms with Gasteiger partial charge in [-0.05, 0) is 56.7 Å². The monoisotopic (exact) mass is 417 g/mol. The van der Waals surface area contributed by atoms with Crippen LogP contribution in [0.2, 0.25) is 0 Å². The van der Waals surface area contributed by atoms with Gasteiger partial charge in [-0.15, -0.1) is 0 Å². The number of nitrogens with zero attached hydrogens (tertiary/aromatic N) is 3. The Morgan fingerprint density at radius 3 is 2.45 bits per heavy atom. The summed E-state index contributed by atoms with van der Waals surface area (Å²) in [5.41, 5.74) is 2.98. The first-order valence-electron chi connectivity index (χ1n) is 10.6. The van der Waals surface area contributed by atoms with Gasteiger partial charge in [0.15, 0.2) is 0 Å². The Hall–Kier alpha value is -1.86. The largest absolute Gasteiger partial charge is 0.340 e. The number of benzene rings is 1. The molecular weight excluding hydrogens is 386 g/mol. The number of fused-ring (bicyclic) bond motifs is 1. The van der Waals surface area contributed by atoms with Gasteiger partial charge in [-0.25, -0.2) is 8.42 Å². The molecule has 4 rings (SSSR count). The molecule has 1 aromatic heterocycles. The van der Waals surface area contributed by atoms with E-state index in [0.717, 1.165) is 48.7 Å². The second-order valence-electron chi connectivity index (χ2n) is 8.72. The summed E-state index contributed by atoms with van der Waals surface area (Å²) in [6, 6.07) is 8.33. The number of carbonyl (C=O) groups is 1. The molecule has 0 bridgehead atoms. The average Bonchev–Trinajstić information content (AvgIpc) is 3.02. The fourth-order valence-electron chi connectivity index (χ4n) is 5.14. The molecule has 0 spiro atoms. The number of amides is 1. The van der Waals surface area contributed by atoms with Crippen molar-refractivity contribution in [3.05, 3.63) is 35.5 Å². The van der Waals surface area contributed by atoms with E-state index in [1.165, 1.54) is 11.8 Å². The van der Waals surface area contributed by atoms with E-state index in [2.05, 4.69) is 25.1 Å². The second kappa shape index (κ2) is 7.76. The number of rotatable bonds is 3. The van der Waals surface area contributed by atoms with Crippen molar-refractivity contribution < 1.29 is 13.2 Å². The van der Waals surface area contributed by atoms with E-state index in [1.54, 1.807) is 4.31 Å². The minimum absolute atomic E-state index is 0.0726. The Morgan fingerprint density at radius 2 is 1.76 bits per heavy atom. The topological polar surface area (TPSA) is 62.6 Å². The molecule has 0 radical (unpaired) electrons. The molecule has 6 nitrogen and oxygen atoms in total. The molecule has 2 fully saturated rings. The first kappa shape index (κ1) is 20.4. The minimum Gasteiger partial charge on any atom is -0.340 e. The van der Waals surface area contributed by atoms with Crippen molar-refractivity contribution in [2.24, 2.45) is 13.0 Å². The summed E-state index contributed by atoms with van der Waals surface area (Å²) in [4.78, 5) is 15.1. The van der Waals surface area contributed by atoms with E-state index in [9.17, 15) is 13.2 Å². The molecule has 2 aliphatic heterocycles. The lowest BCUT2D eigenvalue weighted by Crippen LogP contribution is -2.50. The number of piperidine rings is 2. The number of hydrogen-bond donors (Lipinski definition) is 0. The highest BCUT2D eigenvalue weighted by molar-refractivity contribution is 7.88. The summed E-state index contributed by atoms with van der Waals surface area (Å²) in [5, 5.41) is 1.09. The summed E-state index contributed by atoms with van der Waals surface area (Å²) in [5.74, 6) is 0.410. The highest BCUT2D eigenvalue weighted by atomic mass is 32.2. The van der Waals surface area contributed by atoms with Gasteiger partial charge in [-0.1, -0.05) is 18.1 Å². The number of carbonyl (C=O) groups excluding carboxylic acids is 1. The lowest BCUT2D eigenvalue weighted by Gasteiger charge is -2.42. The van der Waals surface area contributed by atoms with E-state index in [4.69, 9.17) is 0 Å². The molecule has 29 heavy (non-hydrogen) atoms. The Labute approximate surface area is 173 Å². The maximum absolute atomic E-state index is 13.2. The van der Waals surface area contributed by atoms with Gasteiger partial charge in [0.25, 0.3) is 5.91 Å². The van der Waals surface area contributed by atoms with Gasteiger partial charge in [0, 0.05) is 43.6 Å². The molecule has 3 heterocycles. The van der Waals surface area contributed by atoms with Crippen LogP contribution in [-0.2, 0) is 17.1 Å². The molecule has 2 saturated heterocycles. The van der Waals surface area contributed by atoms with Crippen molar-refractivity contribution in [3.63, 3.8) is 0 Å². The van der Waals surface area contributed by atoms with Crippen molar-refractivity contribution in [2.75, 3.05) is 25.9 Å². The molecule has 0 N–H and O–H groups in total. The van der Waals surface area contributed by atoms with Gasteiger partial charge in [-0.3, -0.25) is 4.79 Å². The zero-order chi connectivity index (χ0) is 20.8. The lowest BCUT2D eigenvalue weighted by atomic mass is 9.85. The second-order valence-corrected chi connectivity index (χ2v) is 10.7. The number of hydrogen-bond acceptors (Lipinski definition) is 3. The van der Waals surface area contributed by atoms with Crippen LogP contribution >= 0.6 is 0 Å². The highest BCUT2D eigenvalue weighted by Gasteiger charge is 2.37. The Kier molecular flexibility index (Phi) is 5.46.